The Bertz CT molecular complexity index is 517. The fourth-order valence-electron chi connectivity index (χ4n) is 1.59. The Labute approximate surface area is 101 Å². The summed E-state index contributed by atoms with van der Waals surface area (Å²) < 4.78 is 7.02. The summed E-state index contributed by atoms with van der Waals surface area (Å²) >= 11 is 0. The molecule has 0 aliphatic rings. The molecular formula is C13H15N3O. The van der Waals surface area contributed by atoms with Crippen LogP contribution < -0.4 is 4.74 Å². The summed E-state index contributed by atoms with van der Waals surface area (Å²) in [6.07, 6.45) is 5.52. The molecule has 0 saturated carbocycles. The van der Waals surface area contributed by atoms with Crippen molar-refractivity contribution < 1.29 is 4.74 Å². The normalized spacial score (nSPS) is 10.9. The molecule has 0 atom stereocenters. The molecule has 0 amide bonds. The maximum Gasteiger partial charge on any atom is 0.123 e. The number of benzene rings is 1. The first-order chi connectivity index (χ1) is 8.29. The minimum Gasteiger partial charge on any atom is -0.496 e. The van der Waals surface area contributed by atoms with Gasteiger partial charge in [0.2, 0.25) is 0 Å². The Balaban J connectivity index is 2.04. The van der Waals surface area contributed by atoms with Crippen molar-refractivity contribution >= 4 is 6.21 Å². The summed E-state index contributed by atoms with van der Waals surface area (Å²) in [5.74, 6) is 0.871. The van der Waals surface area contributed by atoms with E-state index in [2.05, 4.69) is 10.1 Å². The average molecular weight is 229 g/mol. The lowest BCUT2D eigenvalue weighted by Gasteiger charge is -2.04. The van der Waals surface area contributed by atoms with Gasteiger partial charge >= 0.3 is 0 Å². The summed E-state index contributed by atoms with van der Waals surface area (Å²) in [6.45, 7) is 0.610. The van der Waals surface area contributed by atoms with Gasteiger partial charge in [-0.1, -0.05) is 18.2 Å². The molecule has 17 heavy (non-hydrogen) atoms. The second-order valence-electron chi connectivity index (χ2n) is 3.73. The lowest BCUT2D eigenvalue weighted by atomic mass is 10.2. The van der Waals surface area contributed by atoms with E-state index in [1.807, 2.05) is 43.7 Å². The smallest absolute Gasteiger partial charge is 0.123 e. The first-order valence-corrected chi connectivity index (χ1v) is 5.40. The molecule has 0 saturated heterocycles. The Kier molecular flexibility index (Phi) is 3.55. The number of ether oxygens (including phenoxy) is 1. The molecule has 0 spiro atoms. The Hall–Kier alpha value is -2.10. The van der Waals surface area contributed by atoms with Crippen molar-refractivity contribution in [3.05, 3.63) is 47.8 Å². The quantitative estimate of drug-likeness (QED) is 0.753. The highest BCUT2D eigenvalue weighted by molar-refractivity contribution is 5.78. The van der Waals surface area contributed by atoms with Crippen LogP contribution in [0.25, 0.3) is 0 Å². The lowest BCUT2D eigenvalue weighted by Crippen LogP contribution is -1.90. The van der Waals surface area contributed by atoms with E-state index in [1.54, 1.807) is 18.0 Å². The molecule has 0 fully saturated rings. The number of aromatic nitrogens is 2. The number of rotatable bonds is 4. The van der Waals surface area contributed by atoms with Crippen LogP contribution in [0.15, 0.2) is 41.7 Å². The SMILES string of the molecule is COc1ccccc1CN=Cc1cnn(C)c1. The fourth-order valence-corrected chi connectivity index (χ4v) is 1.59. The lowest BCUT2D eigenvalue weighted by molar-refractivity contribution is 0.410. The van der Waals surface area contributed by atoms with Gasteiger partial charge in [-0.25, -0.2) is 0 Å². The summed E-state index contributed by atoms with van der Waals surface area (Å²) in [5.41, 5.74) is 2.08. The average Bonchev–Trinajstić information content (AvgIpc) is 2.76. The predicted octanol–water partition coefficient (Wildman–Crippen LogP) is 2.05. The molecule has 0 aliphatic carbocycles. The van der Waals surface area contributed by atoms with Crippen molar-refractivity contribution in [2.24, 2.45) is 12.0 Å². The standard InChI is InChI=1S/C13H15N3O/c1-16-10-11(8-15-16)7-14-9-12-5-3-4-6-13(12)17-2/h3-8,10H,9H2,1-2H3. The summed E-state index contributed by atoms with van der Waals surface area (Å²) in [5, 5.41) is 4.08. The zero-order chi connectivity index (χ0) is 12.1. The molecule has 0 unspecified atom stereocenters. The van der Waals surface area contributed by atoms with Crippen LogP contribution in [0.1, 0.15) is 11.1 Å². The number of aliphatic imine (C=N–C) groups is 1. The maximum atomic E-state index is 5.26. The molecule has 0 radical (unpaired) electrons. The number of nitrogens with zero attached hydrogens (tertiary/aromatic N) is 3. The van der Waals surface area contributed by atoms with Gasteiger partial charge in [0.15, 0.2) is 0 Å². The maximum absolute atomic E-state index is 5.26. The number of methoxy groups -OCH3 is 1. The van der Waals surface area contributed by atoms with Crippen LogP contribution in [0.3, 0.4) is 0 Å². The highest BCUT2D eigenvalue weighted by Gasteiger charge is 1.99. The van der Waals surface area contributed by atoms with Crippen LogP contribution >= 0.6 is 0 Å². The molecule has 4 heteroatoms. The van der Waals surface area contributed by atoms with Gasteiger partial charge in [0.25, 0.3) is 0 Å². The monoisotopic (exact) mass is 229 g/mol. The van der Waals surface area contributed by atoms with E-state index in [0.29, 0.717) is 6.54 Å². The van der Waals surface area contributed by atoms with Crippen LogP contribution in [0.5, 0.6) is 5.75 Å². The summed E-state index contributed by atoms with van der Waals surface area (Å²) in [6, 6.07) is 7.89. The van der Waals surface area contributed by atoms with E-state index in [4.69, 9.17) is 4.74 Å². The fraction of sp³-hybridized carbons (Fsp3) is 0.231. The first kappa shape index (κ1) is 11.4. The third-order valence-electron chi connectivity index (χ3n) is 2.42. The third kappa shape index (κ3) is 2.93. The Morgan fingerprint density at radius 2 is 2.24 bits per heavy atom. The molecule has 4 nitrogen and oxygen atoms in total. The van der Waals surface area contributed by atoms with E-state index in [1.165, 1.54) is 0 Å². The van der Waals surface area contributed by atoms with E-state index in [9.17, 15) is 0 Å². The van der Waals surface area contributed by atoms with E-state index in [-0.39, 0.29) is 0 Å². The second-order valence-corrected chi connectivity index (χ2v) is 3.73. The number of aryl methyl sites for hydroxylation is 1. The van der Waals surface area contributed by atoms with Crippen LogP contribution in [0, 0.1) is 0 Å². The molecule has 1 aromatic heterocycles. The van der Waals surface area contributed by atoms with Gasteiger partial charge in [-0.05, 0) is 6.07 Å². The van der Waals surface area contributed by atoms with Crippen molar-refractivity contribution in [2.45, 2.75) is 6.54 Å². The van der Waals surface area contributed by atoms with Crippen LogP contribution in [0.2, 0.25) is 0 Å². The van der Waals surface area contributed by atoms with Gasteiger partial charge in [-0.15, -0.1) is 0 Å². The van der Waals surface area contributed by atoms with Crippen LogP contribution in [0.4, 0.5) is 0 Å². The van der Waals surface area contributed by atoms with Crippen molar-refractivity contribution in [3.63, 3.8) is 0 Å². The topological polar surface area (TPSA) is 39.4 Å². The zero-order valence-corrected chi connectivity index (χ0v) is 10.00. The highest BCUT2D eigenvalue weighted by Crippen LogP contribution is 2.17. The molecular weight excluding hydrogens is 214 g/mol. The zero-order valence-electron chi connectivity index (χ0n) is 10.00. The highest BCUT2D eigenvalue weighted by atomic mass is 16.5. The molecule has 1 heterocycles. The third-order valence-corrected chi connectivity index (χ3v) is 2.42. The summed E-state index contributed by atoms with van der Waals surface area (Å²) in [4.78, 5) is 4.38. The largest absolute Gasteiger partial charge is 0.496 e. The van der Waals surface area contributed by atoms with Crippen molar-refractivity contribution in [3.8, 4) is 5.75 Å². The summed E-state index contributed by atoms with van der Waals surface area (Å²) in [7, 11) is 3.56. The number of hydrogen-bond donors (Lipinski definition) is 0. The predicted molar refractivity (Wildman–Crippen MR) is 67.5 cm³/mol. The molecule has 0 bridgehead atoms. The van der Waals surface area contributed by atoms with Crippen molar-refractivity contribution in [2.75, 3.05) is 7.11 Å². The first-order valence-electron chi connectivity index (χ1n) is 5.40. The minimum atomic E-state index is 0.610. The molecule has 88 valence electrons. The van der Waals surface area contributed by atoms with Crippen molar-refractivity contribution in [1.29, 1.82) is 0 Å². The Morgan fingerprint density at radius 3 is 2.94 bits per heavy atom. The molecule has 2 aromatic rings. The van der Waals surface area contributed by atoms with Gasteiger partial charge in [-0.3, -0.25) is 9.67 Å². The second kappa shape index (κ2) is 5.30. The van der Waals surface area contributed by atoms with Crippen LogP contribution in [-0.2, 0) is 13.6 Å². The molecule has 0 aliphatic heterocycles. The van der Waals surface area contributed by atoms with E-state index in [0.717, 1.165) is 16.9 Å². The molecule has 1 aromatic carbocycles. The van der Waals surface area contributed by atoms with Gasteiger partial charge < -0.3 is 4.74 Å². The van der Waals surface area contributed by atoms with Gasteiger partial charge in [0.1, 0.15) is 5.75 Å². The molecule has 0 N–H and O–H groups in total. The Morgan fingerprint density at radius 1 is 1.41 bits per heavy atom. The van der Waals surface area contributed by atoms with Crippen LogP contribution in [-0.4, -0.2) is 23.1 Å². The minimum absolute atomic E-state index is 0.610. The van der Waals surface area contributed by atoms with Gasteiger partial charge in [0.05, 0.1) is 19.9 Å². The molecule has 2 rings (SSSR count). The van der Waals surface area contributed by atoms with Gasteiger partial charge in [-0.2, -0.15) is 5.10 Å². The number of para-hydroxylation sites is 1. The van der Waals surface area contributed by atoms with E-state index < -0.39 is 0 Å². The van der Waals surface area contributed by atoms with Gasteiger partial charge in [0, 0.05) is 30.6 Å². The van der Waals surface area contributed by atoms with E-state index >= 15 is 0 Å². The van der Waals surface area contributed by atoms with Crippen molar-refractivity contribution in [1.82, 2.24) is 9.78 Å². The number of hydrogen-bond acceptors (Lipinski definition) is 3.